The molecule has 0 atom stereocenters. The van der Waals surface area contributed by atoms with E-state index >= 15 is 0 Å². The Labute approximate surface area is 615 Å². The SMILES string of the molecule is c1ccc(-c2cc(-c3cccc(-c4cccc(-c5cccc6c(-c7ccccc7)nc7ccccc7c56)c4)c3)nc(-c3ccccc3)n2)cc1.c1ccc(-c2ccc(-c3nc(-c4ccccc4)cc(-c4cccc(-c5cccc(-c6cccc7c(-c8ccccc8)nc8ccccc8c67)c5)c4)n3)cc2)cc1. The zero-order chi connectivity index (χ0) is 70.5. The van der Waals surface area contributed by atoms with Gasteiger partial charge in [0.05, 0.1) is 45.2 Å². The lowest BCUT2D eigenvalue weighted by Crippen LogP contribution is -1.96. The first kappa shape index (κ1) is 63.9. The molecule has 6 heteroatoms. The average molecular weight is 1350 g/mol. The highest BCUT2D eigenvalue weighted by atomic mass is 14.9. The van der Waals surface area contributed by atoms with Crippen molar-refractivity contribution < 1.29 is 0 Å². The Kier molecular flexibility index (Phi) is 17.3. The first-order chi connectivity index (χ1) is 52.5. The summed E-state index contributed by atoms with van der Waals surface area (Å²) in [6.45, 7) is 0. The number of hydrogen-bond donors (Lipinski definition) is 0. The molecule has 0 N–H and O–H groups in total. The topological polar surface area (TPSA) is 77.3 Å². The van der Waals surface area contributed by atoms with Gasteiger partial charge in [0, 0.05) is 76.8 Å². The van der Waals surface area contributed by atoms with Crippen LogP contribution in [0, 0.1) is 0 Å². The van der Waals surface area contributed by atoms with Gasteiger partial charge in [0.25, 0.3) is 0 Å². The van der Waals surface area contributed by atoms with Gasteiger partial charge in [0.15, 0.2) is 11.6 Å². The zero-order valence-corrected chi connectivity index (χ0v) is 57.8. The second kappa shape index (κ2) is 28.7. The van der Waals surface area contributed by atoms with Gasteiger partial charge in [-0.25, -0.2) is 29.9 Å². The van der Waals surface area contributed by atoms with Gasteiger partial charge in [-0.1, -0.05) is 352 Å². The third-order valence-corrected chi connectivity index (χ3v) is 19.7. The lowest BCUT2D eigenvalue weighted by molar-refractivity contribution is 1.18. The van der Waals surface area contributed by atoms with Crippen LogP contribution in [0.1, 0.15) is 0 Å². The molecule has 496 valence electrons. The molecule has 15 aromatic carbocycles. The molecule has 0 spiro atoms. The standard InChI is InChI=1S/C53H35N3.C47H31N3/c1-4-15-36(16-5-1)37-29-31-40(32-30-37)53-55-49(38-17-6-2-7-18-38)35-50(56-53)44-24-13-22-42(34-44)41-21-12-23-43(33-41)45-26-14-27-47-51(45)46-25-10-11-28-48(46)54-52(47)39-19-8-3-9-20-39;1-4-15-32(16-5-1)43-31-44(50-47(49-43)34-19-8-3-9-20-34)38-24-13-22-36(30-38)35-21-12-23-37(29-35)39-26-14-27-41-45(39)40-25-10-11-28-42(40)48-46(41)33-17-6-2-7-18-33/h1-35H;1-31H. The Hall–Kier alpha value is -14.2. The summed E-state index contributed by atoms with van der Waals surface area (Å²) in [6.07, 6.45) is 0. The number of hydrogen-bond acceptors (Lipinski definition) is 6. The van der Waals surface area contributed by atoms with E-state index < -0.39 is 0 Å². The molecule has 0 aliphatic heterocycles. The third-order valence-electron chi connectivity index (χ3n) is 19.7. The van der Waals surface area contributed by atoms with Gasteiger partial charge in [-0.3, -0.25) is 0 Å². The summed E-state index contributed by atoms with van der Waals surface area (Å²) in [7, 11) is 0. The number of rotatable bonds is 13. The summed E-state index contributed by atoms with van der Waals surface area (Å²) in [4.78, 5) is 30.6. The first-order valence-electron chi connectivity index (χ1n) is 35.8. The minimum absolute atomic E-state index is 0.695. The van der Waals surface area contributed by atoms with Gasteiger partial charge >= 0.3 is 0 Å². The van der Waals surface area contributed by atoms with E-state index in [0.29, 0.717) is 11.6 Å². The van der Waals surface area contributed by atoms with E-state index in [1.54, 1.807) is 0 Å². The van der Waals surface area contributed by atoms with Crippen molar-refractivity contribution in [3.05, 3.63) is 400 Å². The van der Waals surface area contributed by atoms with E-state index in [1.807, 2.05) is 54.6 Å². The molecule has 4 aromatic heterocycles. The average Bonchev–Trinajstić information content (AvgIpc) is 0.750. The molecule has 0 saturated carbocycles. The number of aromatic nitrogens is 6. The zero-order valence-electron chi connectivity index (χ0n) is 57.8. The summed E-state index contributed by atoms with van der Waals surface area (Å²) in [6, 6.07) is 140. The molecule has 0 amide bonds. The van der Waals surface area contributed by atoms with Crippen LogP contribution in [-0.4, -0.2) is 29.9 Å². The molecular formula is C100H66N6. The van der Waals surface area contributed by atoms with Gasteiger partial charge in [-0.2, -0.15) is 0 Å². The molecule has 0 bridgehead atoms. The normalized spacial score (nSPS) is 11.2. The van der Waals surface area contributed by atoms with Crippen molar-refractivity contribution in [1.29, 1.82) is 0 Å². The summed E-state index contributed by atoms with van der Waals surface area (Å²) in [5, 5.41) is 7.01. The first-order valence-corrected chi connectivity index (χ1v) is 35.8. The summed E-state index contributed by atoms with van der Waals surface area (Å²) in [5.41, 5.74) is 27.4. The summed E-state index contributed by atoms with van der Waals surface area (Å²) < 4.78 is 0. The molecule has 106 heavy (non-hydrogen) atoms. The van der Waals surface area contributed by atoms with Crippen molar-refractivity contribution >= 4 is 43.4 Å². The largest absolute Gasteiger partial charge is 0.247 e. The maximum atomic E-state index is 5.18. The molecular weight excluding hydrogens is 1290 g/mol. The quantitative estimate of drug-likeness (QED) is 0.107. The molecule has 19 rings (SSSR count). The number of para-hydroxylation sites is 2. The van der Waals surface area contributed by atoms with Crippen molar-refractivity contribution in [2.75, 3.05) is 0 Å². The predicted molar refractivity (Wildman–Crippen MR) is 440 cm³/mol. The minimum atomic E-state index is 0.695. The highest BCUT2D eigenvalue weighted by molar-refractivity contribution is 6.18. The lowest BCUT2D eigenvalue weighted by atomic mass is 9.91. The predicted octanol–water partition coefficient (Wildman–Crippen LogP) is 26.0. The second-order valence-electron chi connectivity index (χ2n) is 26.4. The fourth-order valence-electron chi connectivity index (χ4n) is 14.6. The molecule has 0 unspecified atom stereocenters. The van der Waals surface area contributed by atoms with Gasteiger partial charge in [0.2, 0.25) is 0 Å². The summed E-state index contributed by atoms with van der Waals surface area (Å²) in [5.74, 6) is 1.41. The van der Waals surface area contributed by atoms with Crippen LogP contribution in [0.3, 0.4) is 0 Å². The maximum Gasteiger partial charge on any atom is 0.160 e. The van der Waals surface area contributed by atoms with Crippen LogP contribution >= 0.6 is 0 Å². The van der Waals surface area contributed by atoms with Crippen LogP contribution in [0.5, 0.6) is 0 Å². The molecule has 4 heterocycles. The number of nitrogens with zero attached hydrogens (tertiary/aromatic N) is 6. The van der Waals surface area contributed by atoms with Gasteiger partial charge < -0.3 is 0 Å². The van der Waals surface area contributed by atoms with Crippen LogP contribution in [0.25, 0.3) is 189 Å². The number of benzene rings is 15. The Morgan fingerprint density at radius 3 is 0.792 bits per heavy atom. The fraction of sp³-hybridized carbons (Fsp3) is 0. The van der Waals surface area contributed by atoms with Gasteiger partial charge in [-0.05, 0) is 104 Å². The summed E-state index contributed by atoms with van der Waals surface area (Å²) >= 11 is 0. The monoisotopic (exact) mass is 1350 g/mol. The highest BCUT2D eigenvalue weighted by Gasteiger charge is 2.20. The van der Waals surface area contributed by atoms with Crippen molar-refractivity contribution in [2.45, 2.75) is 0 Å². The Morgan fingerprint density at radius 1 is 0.142 bits per heavy atom. The van der Waals surface area contributed by atoms with Crippen LogP contribution in [0.2, 0.25) is 0 Å². The van der Waals surface area contributed by atoms with Gasteiger partial charge in [0.1, 0.15) is 0 Å². The van der Waals surface area contributed by atoms with Crippen LogP contribution < -0.4 is 0 Å². The number of pyridine rings is 2. The van der Waals surface area contributed by atoms with E-state index in [2.05, 4.69) is 346 Å². The van der Waals surface area contributed by atoms with Crippen LogP contribution in [-0.2, 0) is 0 Å². The number of fused-ring (bicyclic) bond motifs is 6. The lowest BCUT2D eigenvalue weighted by Gasteiger charge is -2.15. The van der Waals surface area contributed by atoms with Crippen LogP contribution in [0.4, 0.5) is 0 Å². The van der Waals surface area contributed by atoms with Crippen molar-refractivity contribution in [3.8, 4) is 146 Å². The van der Waals surface area contributed by atoms with Crippen molar-refractivity contribution in [3.63, 3.8) is 0 Å². The van der Waals surface area contributed by atoms with E-state index in [-0.39, 0.29) is 0 Å². The van der Waals surface area contributed by atoms with Crippen molar-refractivity contribution in [1.82, 2.24) is 29.9 Å². The Bertz CT molecular complexity index is 6350. The molecule has 0 aliphatic rings. The Morgan fingerprint density at radius 2 is 0.396 bits per heavy atom. The molecule has 0 aliphatic carbocycles. The third kappa shape index (κ3) is 13.0. The molecule has 19 aromatic rings. The van der Waals surface area contributed by atoms with Crippen molar-refractivity contribution in [2.24, 2.45) is 0 Å². The minimum Gasteiger partial charge on any atom is -0.247 e. The van der Waals surface area contributed by atoms with Gasteiger partial charge in [-0.15, -0.1) is 0 Å². The van der Waals surface area contributed by atoms with E-state index in [1.165, 1.54) is 27.5 Å². The molecule has 0 saturated heterocycles. The second-order valence-corrected chi connectivity index (χ2v) is 26.4. The van der Waals surface area contributed by atoms with Crippen LogP contribution in [0.15, 0.2) is 400 Å². The molecule has 0 fully saturated rings. The van der Waals surface area contributed by atoms with E-state index in [0.717, 1.165) is 150 Å². The van der Waals surface area contributed by atoms with E-state index in [4.69, 9.17) is 29.9 Å². The van der Waals surface area contributed by atoms with E-state index in [9.17, 15) is 0 Å². The highest BCUT2D eigenvalue weighted by Crippen LogP contribution is 2.43. The maximum absolute atomic E-state index is 5.18. The Balaban J connectivity index is 0.000000151. The fourth-order valence-corrected chi connectivity index (χ4v) is 14.6. The molecule has 6 nitrogen and oxygen atoms in total. The smallest absolute Gasteiger partial charge is 0.160 e. The molecule has 0 radical (unpaired) electrons.